The van der Waals surface area contributed by atoms with E-state index >= 15 is 0 Å². The Balaban J connectivity index is 1.56. The highest BCUT2D eigenvalue weighted by Crippen LogP contribution is 2.24. The van der Waals surface area contributed by atoms with E-state index in [1.165, 1.54) is 23.1 Å². The number of rotatable bonds is 9. The number of thioether (sulfide) groups is 1. The van der Waals surface area contributed by atoms with E-state index in [1.54, 1.807) is 0 Å². The van der Waals surface area contributed by atoms with Crippen molar-refractivity contribution in [2.75, 3.05) is 37.2 Å². The van der Waals surface area contributed by atoms with Gasteiger partial charge in [0.1, 0.15) is 0 Å². The summed E-state index contributed by atoms with van der Waals surface area (Å²) in [6, 6.07) is 0. The lowest BCUT2D eigenvalue weighted by Crippen LogP contribution is -2.31. The minimum atomic E-state index is -0.0158. The highest BCUT2D eigenvalue weighted by Gasteiger charge is 2.19. The Bertz CT molecular complexity index is 508. The molecule has 0 saturated carbocycles. The highest BCUT2D eigenvalue weighted by atomic mass is 32.2. The molecule has 0 unspecified atom stereocenters. The zero-order valence-corrected chi connectivity index (χ0v) is 14.3. The number of nitrogens with zero attached hydrogens (tertiary/aromatic N) is 3. The van der Waals surface area contributed by atoms with E-state index < -0.39 is 0 Å². The van der Waals surface area contributed by atoms with E-state index in [-0.39, 0.29) is 11.8 Å². The minimum absolute atomic E-state index is 0.0158. The smallest absolute Gasteiger partial charge is 0.230 e. The zero-order chi connectivity index (χ0) is 15.8. The van der Waals surface area contributed by atoms with Crippen LogP contribution in [0, 0.1) is 0 Å². The molecule has 1 aliphatic heterocycles. The predicted octanol–water partition coefficient (Wildman–Crippen LogP) is 1.19. The van der Waals surface area contributed by atoms with Crippen molar-refractivity contribution in [3.63, 3.8) is 0 Å². The Morgan fingerprint density at radius 3 is 3.05 bits per heavy atom. The van der Waals surface area contributed by atoms with Crippen LogP contribution in [-0.2, 0) is 9.59 Å². The van der Waals surface area contributed by atoms with Gasteiger partial charge < -0.3 is 15.5 Å². The molecule has 0 atom stereocenters. The van der Waals surface area contributed by atoms with Crippen LogP contribution in [0.5, 0.6) is 0 Å². The van der Waals surface area contributed by atoms with Gasteiger partial charge in [0, 0.05) is 32.6 Å². The van der Waals surface area contributed by atoms with Crippen LogP contribution in [0.2, 0.25) is 0 Å². The second kappa shape index (κ2) is 8.94. The van der Waals surface area contributed by atoms with Gasteiger partial charge in [-0.25, -0.2) is 0 Å². The normalized spacial score (nSPS) is 14.4. The van der Waals surface area contributed by atoms with E-state index in [4.69, 9.17) is 0 Å². The first kappa shape index (κ1) is 17.0. The van der Waals surface area contributed by atoms with Crippen LogP contribution in [0.3, 0.4) is 0 Å². The lowest BCUT2D eigenvalue weighted by molar-refractivity contribution is -0.127. The summed E-state index contributed by atoms with van der Waals surface area (Å²) in [7, 11) is 0. The summed E-state index contributed by atoms with van der Waals surface area (Å²) in [6.45, 7) is 4.99. The third-order valence-corrected chi connectivity index (χ3v) is 5.17. The lowest BCUT2D eigenvalue weighted by Gasteiger charge is -2.15. The molecule has 1 aromatic rings. The summed E-state index contributed by atoms with van der Waals surface area (Å²) in [4.78, 5) is 25.0. The monoisotopic (exact) mass is 343 g/mol. The highest BCUT2D eigenvalue weighted by molar-refractivity contribution is 8.01. The SMILES string of the molecule is CCNc1nnc(SCC(=O)NCCCN2CCCC2=O)s1. The van der Waals surface area contributed by atoms with Crippen LogP contribution in [-0.4, -0.2) is 58.8 Å². The molecular weight excluding hydrogens is 322 g/mol. The van der Waals surface area contributed by atoms with Crippen molar-refractivity contribution in [1.82, 2.24) is 20.4 Å². The first-order chi connectivity index (χ1) is 10.7. The van der Waals surface area contributed by atoms with Gasteiger partial charge in [-0.15, -0.1) is 10.2 Å². The van der Waals surface area contributed by atoms with Gasteiger partial charge in [-0.1, -0.05) is 23.1 Å². The molecule has 1 aliphatic rings. The molecule has 1 saturated heterocycles. The van der Waals surface area contributed by atoms with Crippen molar-refractivity contribution in [2.45, 2.75) is 30.5 Å². The van der Waals surface area contributed by atoms with Crippen molar-refractivity contribution in [2.24, 2.45) is 0 Å². The van der Waals surface area contributed by atoms with Gasteiger partial charge in [0.05, 0.1) is 5.75 Å². The Kier molecular flexibility index (Phi) is 6.91. The molecule has 1 fully saturated rings. The Morgan fingerprint density at radius 2 is 2.32 bits per heavy atom. The van der Waals surface area contributed by atoms with Crippen LogP contribution in [0.4, 0.5) is 5.13 Å². The summed E-state index contributed by atoms with van der Waals surface area (Å²) in [5.74, 6) is 0.552. The van der Waals surface area contributed by atoms with Crippen LogP contribution < -0.4 is 10.6 Å². The number of hydrogen-bond acceptors (Lipinski definition) is 7. The largest absolute Gasteiger partial charge is 0.360 e. The molecule has 9 heteroatoms. The third kappa shape index (κ3) is 5.45. The topological polar surface area (TPSA) is 87.2 Å². The molecule has 2 N–H and O–H groups in total. The molecule has 22 heavy (non-hydrogen) atoms. The van der Waals surface area contributed by atoms with Gasteiger partial charge in [-0.05, 0) is 19.8 Å². The zero-order valence-electron chi connectivity index (χ0n) is 12.6. The first-order valence-corrected chi connectivity index (χ1v) is 9.24. The standard InChI is InChI=1S/C13H21N5O2S2/c1-2-14-12-16-17-13(22-12)21-9-10(19)15-6-4-8-18-7-3-5-11(18)20/h2-9H2,1H3,(H,14,16)(H,15,19). The molecular formula is C13H21N5O2S2. The molecule has 122 valence electrons. The van der Waals surface area contributed by atoms with Gasteiger partial charge in [0.2, 0.25) is 16.9 Å². The van der Waals surface area contributed by atoms with Crippen LogP contribution in [0.15, 0.2) is 4.34 Å². The molecule has 2 heterocycles. The number of hydrogen-bond donors (Lipinski definition) is 2. The van der Waals surface area contributed by atoms with Crippen LogP contribution >= 0.6 is 23.1 Å². The number of likely N-dealkylation sites (tertiary alicyclic amines) is 1. The summed E-state index contributed by atoms with van der Waals surface area (Å²) >= 11 is 2.84. The number of carbonyl (C=O) groups excluding carboxylic acids is 2. The van der Waals surface area contributed by atoms with E-state index in [0.29, 0.717) is 18.7 Å². The third-order valence-electron chi connectivity index (χ3n) is 3.16. The summed E-state index contributed by atoms with van der Waals surface area (Å²) in [5, 5.41) is 14.7. The maximum Gasteiger partial charge on any atom is 0.230 e. The molecule has 0 aliphatic carbocycles. The average Bonchev–Trinajstić information content (AvgIpc) is 3.11. The second-order valence-corrected chi connectivity index (χ2v) is 7.08. The fourth-order valence-electron chi connectivity index (χ4n) is 2.11. The van der Waals surface area contributed by atoms with Crippen molar-refractivity contribution >= 4 is 40.0 Å². The Morgan fingerprint density at radius 1 is 1.45 bits per heavy atom. The van der Waals surface area contributed by atoms with Crippen molar-refractivity contribution < 1.29 is 9.59 Å². The molecule has 0 aromatic carbocycles. The van der Waals surface area contributed by atoms with E-state index in [2.05, 4.69) is 20.8 Å². The van der Waals surface area contributed by atoms with Crippen molar-refractivity contribution in [3.05, 3.63) is 0 Å². The van der Waals surface area contributed by atoms with Gasteiger partial charge in [-0.3, -0.25) is 9.59 Å². The average molecular weight is 343 g/mol. The Labute approximate surface area is 138 Å². The summed E-state index contributed by atoms with van der Waals surface area (Å²) in [6.07, 6.45) is 2.42. The lowest BCUT2D eigenvalue weighted by atomic mass is 10.4. The number of nitrogens with one attached hydrogen (secondary N) is 2. The molecule has 0 radical (unpaired) electrons. The van der Waals surface area contributed by atoms with E-state index in [9.17, 15) is 9.59 Å². The molecule has 0 bridgehead atoms. The molecule has 1 aromatic heterocycles. The van der Waals surface area contributed by atoms with Crippen molar-refractivity contribution in [3.8, 4) is 0 Å². The van der Waals surface area contributed by atoms with Crippen molar-refractivity contribution in [1.29, 1.82) is 0 Å². The van der Waals surface area contributed by atoms with E-state index in [0.717, 1.165) is 41.9 Å². The quantitative estimate of drug-likeness (QED) is 0.517. The molecule has 0 spiro atoms. The number of anilines is 1. The summed E-state index contributed by atoms with van der Waals surface area (Å²) < 4.78 is 0.786. The number of aromatic nitrogens is 2. The maximum absolute atomic E-state index is 11.7. The van der Waals surface area contributed by atoms with Gasteiger partial charge >= 0.3 is 0 Å². The van der Waals surface area contributed by atoms with Crippen LogP contribution in [0.1, 0.15) is 26.2 Å². The molecule has 2 amide bonds. The molecule has 7 nitrogen and oxygen atoms in total. The van der Waals surface area contributed by atoms with Crippen LogP contribution in [0.25, 0.3) is 0 Å². The minimum Gasteiger partial charge on any atom is -0.360 e. The van der Waals surface area contributed by atoms with Gasteiger partial charge in [0.15, 0.2) is 4.34 Å². The predicted molar refractivity (Wildman–Crippen MR) is 88.2 cm³/mol. The van der Waals surface area contributed by atoms with E-state index in [1.807, 2.05) is 11.8 Å². The fourth-order valence-corrected chi connectivity index (χ4v) is 3.76. The molecule has 2 rings (SSSR count). The second-order valence-electron chi connectivity index (χ2n) is 4.88. The maximum atomic E-state index is 11.7. The summed E-state index contributed by atoms with van der Waals surface area (Å²) in [5.41, 5.74) is 0. The number of amides is 2. The fraction of sp³-hybridized carbons (Fsp3) is 0.692. The van der Waals surface area contributed by atoms with Gasteiger partial charge in [0.25, 0.3) is 0 Å². The number of carbonyl (C=O) groups is 2. The Hall–Kier alpha value is -1.35. The van der Waals surface area contributed by atoms with Gasteiger partial charge in [-0.2, -0.15) is 0 Å². The first-order valence-electron chi connectivity index (χ1n) is 7.43.